The minimum Gasteiger partial charge on any atom is -0.457 e. The van der Waals surface area contributed by atoms with E-state index in [-0.39, 0.29) is 12.5 Å². The molecule has 0 N–H and O–H groups in total. The van der Waals surface area contributed by atoms with Gasteiger partial charge in [-0.3, -0.25) is 14.5 Å². The van der Waals surface area contributed by atoms with E-state index in [0.717, 1.165) is 0 Å². The zero-order valence-corrected chi connectivity index (χ0v) is 18.8. The van der Waals surface area contributed by atoms with Crippen molar-refractivity contribution < 1.29 is 37.0 Å². The van der Waals surface area contributed by atoms with Gasteiger partial charge in [0.05, 0.1) is 23.5 Å². The highest BCUT2D eigenvalue weighted by atomic mass is 19.4. The van der Waals surface area contributed by atoms with Crippen LogP contribution >= 0.6 is 0 Å². The number of fused-ring (bicyclic) bond motifs is 2. The molecule has 10 heteroatoms. The maximum absolute atomic E-state index is 13.0. The number of nitrogens with zero attached hydrogens (tertiary/aromatic N) is 2. The first-order valence-corrected chi connectivity index (χ1v) is 10.6. The Hall–Kier alpha value is -2.00. The van der Waals surface area contributed by atoms with Gasteiger partial charge in [-0.2, -0.15) is 13.2 Å². The standard InChI is InChI=1S/C21H31F3N2O5/c1-19(2,3)17(28)30-16-13-8-11-7-12(26(13)18(29)31-20(4,5)6)15(16)25(10-11)14(27)9-21(22,23)24/h11-13,15-16H,7-10H2,1-6H3/t11-,12-,13+,15+,16+/m1/s1. The quantitative estimate of drug-likeness (QED) is 0.605. The molecule has 31 heavy (non-hydrogen) atoms. The Bertz CT molecular complexity index is 756. The molecule has 3 aliphatic rings. The number of hydrogen-bond acceptors (Lipinski definition) is 5. The zero-order valence-electron chi connectivity index (χ0n) is 18.8. The fourth-order valence-electron chi connectivity index (χ4n) is 4.80. The van der Waals surface area contributed by atoms with E-state index in [9.17, 15) is 27.6 Å². The topological polar surface area (TPSA) is 76.2 Å². The van der Waals surface area contributed by atoms with Gasteiger partial charge >= 0.3 is 18.2 Å². The van der Waals surface area contributed by atoms with Crippen LogP contribution in [0.4, 0.5) is 18.0 Å². The molecule has 0 aromatic heterocycles. The van der Waals surface area contributed by atoms with Crippen LogP contribution in [0.5, 0.6) is 0 Å². The number of alkyl halides is 3. The number of carbonyl (C=O) groups excluding carboxylic acids is 3. The molecule has 5 atom stereocenters. The van der Waals surface area contributed by atoms with Gasteiger partial charge in [0.1, 0.15) is 18.1 Å². The van der Waals surface area contributed by atoms with E-state index in [1.807, 2.05) is 0 Å². The Morgan fingerprint density at radius 3 is 2.06 bits per heavy atom. The van der Waals surface area contributed by atoms with Gasteiger partial charge in [-0.05, 0) is 60.3 Å². The lowest BCUT2D eigenvalue weighted by Gasteiger charge is -2.46. The van der Waals surface area contributed by atoms with Gasteiger partial charge in [0, 0.05) is 6.54 Å². The number of rotatable bonds is 2. The molecule has 3 heterocycles. The third kappa shape index (κ3) is 4.92. The summed E-state index contributed by atoms with van der Waals surface area (Å²) in [7, 11) is 0. The van der Waals surface area contributed by atoms with E-state index in [4.69, 9.17) is 9.47 Å². The third-order valence-electron chi connectivity index (χ3n) is 5.92. The number of amides is 2. The molecule has 3 aliphatic heterocycles. The summed E-state index contributed by atoms with van der Waals surface area (Å²) in [5.41, 5.74) is -1.61. The van der Waals surface area contributed by atoms with Crippen LogP contribution in [-0.2, 0) is 19.1 Å². The SMILES string of the molecule is CC(C)(C)OC(=O)N1[C@@H]2C[C@@H]3C[C@H]1[C@H](OC(=O)C(C)(C)C)[C@H]2N(C(=O)CC(F)(F)F)C3. The molecule has 0 saturated carbocycles. The molecule has 2 amide bonds. The lowest BCUT2D eigenvalue weighted by atomic mass is 9.86. The highest BCUT2D eigenvalue weighted by molar-refractivity contribution is 5.79. The van der Waals surface area contributed by atoms with Crippen molar-refractivity contribution in [2.24, 2.45) is 11.3 Å². The Labute approximate surface area is 180 Å². The van der Waals surface area contributed by atoms with Gasteiger partial charge in [-0.25, -0.2) is 4.79 Å². The van der Waals surface area contributed by atoms with Crippen LogP contribution in [-0.4, -0.2) is 70.3 Å². The minimum atomic E-state index is -4.64. The Morgan fingerprint density at radius 2 is 1.55 bits per heavy atom. The first-order valence-electron chi connectivity index (χ1n) is 10.6. The molecule has 7 nitrogen and oxygen atoms in total. The largest absolute Gasteiger partial charge is 0.457 e. The van der Waals surface area contributed by atoms with Crippen molar-refractivity contribution in [3.63, 3.8) is 0 Å². The summed E-state index contributed by atoms with van der Waals surface area (Å²) in [6.45, 7) is 10.3. The summed E-state index contributed by atoms with van der Waals surface area (Å²) in [5, 5.41) is 0. The van der Waals surface area contributed by atoms with Gasteiger partial charge in [0.25, 0.3) is 0 Å². The van der Waals surface area contributed by atoms with Crippen LogP contribution in [0, 0.1) is 11.3 Å². The number of halogens is 3. The van der Waals surface area contributed by atoms with E-state index < -0.39 is 65.8 Å². The van der Waals surface area contributed by atoms with Gasteiger partial charge in [0.2, 0.25) is 5.91 Å². The van der Waals surface area contributed by atoms with Crippen molar-refractivity contribution in [3.05, 3.63) is 0 Å². The first kappa shape index (κ1) is 23.7. The van der Waals surface area contributed by atoms with Crippen LogP contribution < -0.4 is 0 Å². The van der Waals surface area contributed by atoms with E-state index in [1.54, 1.807) is 41.5 Å². The molecule has 176 valence electrons. The predicted molar refractivity (Wildman–Crippen MR) is 104 cm³/mol. The maximum Gasteiger partial charge on any atom is 0.410 e. The molecule has 3 bridgehead atoms. The molecule has 3 fully saturated rings. The maximum atomic E-state index is 13.0. The van der Waals surface area contributed by atoms with Gasteiger partial charge in [-0.15, -0.1) is 0 Å². The smallest absolute Gasteiger partial charge is 0.410 e. The number of ether oxygens (including phenoxy) is 2. The molecule has 0 aromatic rings. The van der Waals surface area contributed by atoms with Crippen LogP contribution in [0.3, 0.4) is 0 Å². The molecular formula is C21H31F3N2O5. The normalized spacial score (nSPS) is 30.4. The average molecular weight is 448 g/mol. The number of carbonyl (C=O) groups is 3. The van der Waals surface area contributed by atoms with Gasteiger partial charge in [0.15, 0.2) is 0 Å². The molecule has 0 unspecified atom stereocenters. The fourth-order valence-corrected chi connectivity index (χ4v) is 4.80. The van der Waals surface area contributed by atoms with Crippen molar-refractivity contribution in [1.82, 2.24) is 9.80 Å². The highest BCUT2D eigenvalue weighted by Gasteiger charge is 2.63. The fraction of sp³-hybridized carbons (Fsp3) is 0.857. The third-order valence-corrected chi connectivity index (χ3v) is 5.92. The van der Waals surface area contributed by atoms with Crippen LogP contribution in [0.1, 0.15) is 60.8 Å². The Morgan fingerprint density at radius 1 is 0.968 bits per heavy atom. The van der Waals surface area contributed by atoms with Crippen molar-refractivity contribution in [2.45, 2.75) is 96.8 Å². The summed E-state index contributed by atoms with van der Waals surface area (Å²) in [6, 6.07) is -1.92. The average Bonchev–Trinajstić information content (AvgIpc) is 2.66. The van der Waals surface area contributed by atoms with Crippen LogP contribution in [0.2, 0.25) is 0 Å². The summed E-state index contributed by atoms with van der Waals surface area (Å²) >= 11 is 0. The molecule has 0 spiro atoms. The summed E-state index contributed by atoms with van der Waals surface area (Å²) in [4.78, 5) is 40.9. The van der Waals surface area contributed by atoms with Gasteiger partial charge in [-0.1, -0.05) is 0 Å². The number of likely N-dealkylation sites (tertiary alicyclic amines) is 1. The monoisotopic (exact) mass is 448 g/mol. The summed E-state index contributed by atoms with van der Waals surface area (Å²) in [5.74, 6) is -1.66. The lowest BCUT2D eigenvalue weighted by Crippen LogP contribution is -2.59. The molecule has 3 rings (SSSR count). The first-order chi connectivity index (χ1) is 14.0. The molecule has 0 radical (unpaired) electrons. The van der Waals surface area contributed by atoms with Crippen molar-refractivity contribution in [3.8, 4) is 0 Å². The molecule has 0 aliphatic carbocycles. The van der Waals surface area contributed by atoms with Crippen LogP contribution in [0.25, 0.3) is 0 Å². The number of esters is 1. The van der Waals surface area contributed by atoms with Crippen molar-refractivity contribution in [2.75, 3.05) is 6.54 Å². The summed E-state index contributed by atoms with van der Waals surface area (Å²) in [6.07, 6.45) is -6.77. The van der Waals surface area contributed by atoms with Crippen molar-refractivity contribution in [1.29, 1.82) is 0 Å². The second-order valence-corrected chi connectivity index (χ2v) is 10.8. The van der Waals surface area contributed by atoms with E-state index in [0.29, 0.717) is 12.8 Å². The zero-order chi connectivity index (χ0) is 23.5. The van der Waals surface area contributed by atoms with Crippen LogP contribution in [0.15, 0.2) is 0 Å². The van der Waals surface area contributed by atoms with E-state index in [1.165, 1.54) is 9.80 Å². The molecular weight excluding hydrogens is 417 g/mol. The second-order valence-electron chi connectivity index (χ2n) is 10.8. The Kier molecular flexibility index (Phi) is 5.76. The Balaban J connectivity index is 1.95. The second kappa shape index (κ2) is 7.55. The minimum absolute atomic E-state index is 0.0690. The summed E-state index contributed by atoms with van der Waals surface area (Å²) < 4.78 is 50.2. The van der Waals surface area contributed by atoms with E-state index in [2.05, 4.69) is 0 Å². The number of hydrogen-bond donors (Lipinski definition) is 0. The van der Waals surface area contributed by atoms with Crippen molar-refractivity contribution >= 4 is 18.0 Å². The predicted octanol–water partition coefficient (Wildman–Crippen LogP) is 3.51. The highest BCUT2D eigenvalue weighted by Crippen LogP contribution is 2.48. The van der Waals surface area contributed by atoms with E-state index >= 15 is 0 Å². The lowest BCUT2D eigenvalue weighted by molar-refractivity contribution is -0.171. The van der Waals surface area contributed by atoms with Gasteiger partial charge < -0.3 is 14.4 Å². The number of piperidine rings is 2. The molecule has 0 aromatic carbocycles. The molecule has 3 saturated heterocycles.